The number of hydrogen-bond donors (Lipinski definition) is 2. The molecular weight excluding hydrogens is 382 g/mol. The molecule has 0 spiro atoms. The second-order valence-corrected chi connectivity index (χ2v) is 8.12. The maximum absolute atomic E-state index is 11.8. The van der Waals surface area contributed by atoms with Crippen molar-refractivity contribution in [3.63, 3.8) is 0 Å². The predicted molar refractivity (Wildman–Crippen MR) is 110 cm³/mol. The fourth-order valence-corrected chi connectivity index (χ4v) is 2.93. The van der Waals surface area contributed by atoms with Crippen molar-refractivity contribution in [2.24, 2.45) is 0 Å². The van der Waals surface area contributed by atoms with Gasteiger partial charge in [-0.3, -0.25) is 4.55 Å². The van der Waals surface area contributed by atoms with E-state index in [1.54, 1.807) is 31.2 Å². The third kappa shape index (κ3) is 12.3. The van der Waals surface area contributed by atoms with E-state index in [2.05, 4.69) is 12.2 Å². The van der Waals surface area contributed by atoms with Crippen molar-refractivity contribution in [2.75, 3.05) is 17.6 Å². The highest BCUT2D eigenvalue weighted by Crippen LogP contribution is 2.16. The van der Waals surface area contributed by atoms with Gasteiger partial charge in [-0.2, -0.15) is 8.42 Å². The molecule has 0 saturated heterocycles. The molecule has 0 radical (unpaired) electrons. The van der Waals surface area contributed by atoms with Crippen molar-refractivity contribution in [2.45, 2.75) is 58.5 Å². The van der Waals surface area contributed by atoms with Gasteiger partial charge in [0.2, 0.25) is 0 Å². The highest BCUT2D eigenvalue weighted by atomic mass is 32.2. The van der Waals surface area contributed by atoms with Gasteiger partial charge >= 0.3 is 6.16 Å². The van der Waals surface area contributed by atoms with Gasteiger partial charge < -0.3 is 14.8 Å². The first kappa shape index (κ1) is 24.0. The Hall–Kier alpha value is -2.06. The molecule has 1 aromatic rings. The lowest BCUT2D eigenvalue weighted by molar-refractivity contribution is 0.0823. The molecule has 0 aromatic heterocycles. The molecule has 7 nitrogen and oxygen atoms in total. The van der Waals surface area contributed by atoms with Crippen LogP contribution < -0.4 is 10.1 Å². The third-order valence-corrected chi connectivity index (χ3v) is 4.68. The van der Waals surface area contributed by atoms with Gasteiger partial charge in [0.1, 0.15) is 11.9 Å². The summed E-state index contributed by atoms with van der Waals surface area (Å²) in [6, 6.07) is 6.63. The Morgan fingerprint density at radius 2 is 1.89 bits per heavy atom. The molecule has 8 heteroatoms. The van der Waals surface area contributed by atoms with Crippen molar-refractivity contribution in [1.29, 1.82) is 0 Å². The number of nitrogens with one attached hydrogen (secondary N) is 1. The first-order valence-electron chi connectivity index (χ1n) is 9.64. The fraction of sp³-hybridized carbons (Fsp3) is 0.550. The maximum Gasteiger partial charge on any atom is 0.514 e. The average molecular weight is 414 g/mol. The summed E-state index contributed by atoms with van der Waals surface area (Å²) in [7, 11) is -3.94. The monoisotopic (exact) mass is 413 g/mol. The van der Waals surface area contributed by atoms with Crippen molar-refractivity contribution >= 4 is 22.0 Å². The van der Waals surface area contributed by atoms with Gasteiger partial charge in [0.05, 0.1) is 5.75 Å². The summed E-state index contributed by atoms with van der Waals surface area (Å²) < 4.78 is 40.3. The number of benzene rings is 1. The summed E-state index contributed by atoms with van der Waals surface area (Å²) >= 11 is 0. The lowest BCUT2D eigenvalue weighted by atomic mass is 10.1. The molecular formula is C20H31NO6S. The fourth-order valence-electron chi connectivity index (χ4n) is 2.42. The molecule has 1 unspecified atom stereocenters. The van der Waals surface area contributed by atoms with Crippen LogP contribution >= 0.6 is 0 Å². The van der Waals surface area contributed by atoms with Gasteiger partial charge in [-0.25, -0.2) is 4.79 Å². The standard InChI is InChI=1S/C20H31NO6S/c1-3-4-5-6-7-8-10-17(2)26-20(22)27-19-13-11-18(12-14-19)21-15-9-16-28(23,24)25/h8,10-14,17,21H,3-7,9,15-16H2,1-2H3,(H,23,24,25)/b10-8+. The molecule has 0 bridgehead atoms. The minimum absolute atomic E-state index is 0.285. The zero-order chi connectivity index (χ0) is 20.8. The van der Waals surface area contributed by atoms with Gasteiger partial charge in [0.15, 0.2) is 0 Å². The zero-order valence-electron chi connectivity index (χ0n) is 16.6. The minimum Gasteiger partial charge on any atom is -0.427 e. The molecule has 28 heavy (non-hydrogen) atoms. The van der Waals surface area contributed by atoms with Crippen LogP contribution in [0.3, 0.4) is 0 Å². The summed E-state index contributed by atoms with van der Waals surface area (Å²) in [5.74, 6) is 0.0579. The third-order valence-electron chi connectivity index (χ3n) is 3.88. The van der Waals surface area contributed by atoms with Gasteiger partial charge in [-0.1, -0.05) is 32.3 Å². The second-order valence-electron chi connectivity index (χ2n) is 6.54. The van der Waals surface area contributed by atoms with Crippen LogP contribution in [0.1, 0.15) is 52.4 Å². The molecule has 0 fully saturated rings. The minimum atomic E-state index is -3.94. The van der Waals surface area contributed by atoms with Crippen LogP contribution in [0.2, 0.25) is 0 Å². The van der Waals surface area contributed by atoms with Gasteiger partial charge in [-0.15, -0.1) is 0 Å². The quantitative estimate of drug-likeness (QED) is 0.157. The van der Waals surface area contributed by atoms with Crippen molar-refractivity contribution in [3.05, 3.63) is 36.4 Å². The predicted octanol–water partition coefficient (Wildman–Crippen LogP) is 4.81. The smallest absolute Gasteiger partial charge is 0.427 e. The van der Waals surface area contributed by atoms with Crippen molar-refractivity contribution in [1.82, 2.24) is 0 Å². The Morgan fingerprint density at radius 3 is 2.54 bits per heavy atom. The molecule has 0 amide bonds. The molecule has 158 valence electrons. The summed E-state index contributed by atoms with van der Waals surface area (Å²) in [5, 5.41) is 3.01. The molecule has 0 saturated carbocycles. The molecule has 1 aromatic carbocycles. The number of anilines is 1. The molecule has 0 aliphatic carbocycles. The van der Waals surface area contributed by atoms with E-state index in [9.17, 15) is 13.2 Å². The zero-order valence-corrected chi connectivity index (χ0v) is 17.4. The Bertz CT molecular complexity index is 700. The van der Waals surface area contributed by atoms with Crippen LogP contribution in [0.5, 0.6) is 5.75 Å². The Labute approximate surface area is 167 Å². The van der Waals surface area contributed by atoms with E-state index in [-0.39, 0.29) is 18.3 Å². The van der Waals surface area contributed by atoms with E-state index in [0.29, 0.717) is 12.3 Å². The first-order valence-corrected chi connectivity index (χ1v) is 11.3. The van der Waals surface area contributed by atoms with E-state index in [1.165, 1.54) is 19.3 Å². The number of rotatable bonds is 13. The molecule has 1 rings (SSSR count). The van der Waals surface area contributed by atoms with Crippen LogP contribution in [0.25, 0.3) is 0 Å². The highest BCUT2D eigenvalue weighted by Gasteiger charge is 2.09. The summed E-state index contributed by atoms with van der Waals surface area (Å²) in [6.45, 7) is 4.35. The largest absolute Gasteiger partial charge is 0.514 e. The molecule has 0 aliphatic rings. The maximum atomic E-state index is 11.8. The number of ether oxygens (including phenoxy) is 2. The summed E-state index contributed by atoms with van der Waals surface area (Å²) in [5.41, 5.74) is 0.746. The second kappa shape index (κ2) is 13.2. The number of allylic oxidation sites excluding steroid dienone is 1. The van der Waals surface area contributed by atoms with Crippen LogP contribution in [-0.2, 0) is 14.9 Å². The van der Waals surface area contributed by atoms with E-state index in [4.69, 9.17) is 14.0 Å². The topological polar surface area (TPSA) is 102 Å². The van der Waals surface area contributed by atoms with Crippen molar-refractivity contribution in [3.8, 4) is 5.75 Å². The number of hydrogen-bond acceptors (Lipinski definition) is 6. The summed E-state index contributed by atoms with van der Waals surface area (Å²) in [6.07, 6.45) is 8.81. The molecule has 2 N–H and O–H groups in total. The molecule has 0 heterocycles. The van der Waals surface area contributed by atoms with E-state index in [1.807, 2.05) is 12.2 Å². The first-order chi connectivity index (χ1) is 13.3. The van der Waals surface area contributed by atoms with Gasteiger partial charge in [-0.05, 0) is 56.5 Å². The van der Waals surface area contributed by atoms with E-state index < -0.39 is 16.3 Å². The van der Waals surface area contributed by atoms with E-state index in [0.717, 1.165) is 18.5 Å². The highest BCUT2D eigenvalue weighted by molar-refractivity contribution is 7.85. The summed E-state index contributed by atoms with van der Waals surface area (Å²) in [4.78, 5) is 11.8. The van der Waals surface area contributed by atoms with Crippen molar-refractivity contribution < 1.29 is 27.2 Å². The van der Waals surface area contributed by atoms with E-state index >= 15 is 0 Å². The normalized spacial score (nSPS) is 12.7. The van der Waals surface area contributed by atoms with Crippen LogP contribution in [0, 0.1) is 0 Å². The number of carbonyl (C=O) groups is 1. The average Bonchev–Trinajstić information content (AvgIpc) is 2.62. The Kier molecular flexibility index (Phi) is 11.3. The SMILES string of the molecule is CCCCCC/C=C/C(C)OC(=O)Oc1ccc(NCCCS(=O)(=O)O)cc1. The van der Waals surface area contributed by atoms with Gasteiger partial charge in [0, 0.05) is 12.2 Å². The van der Waals surface area contributed by atoms with Gasteiger partial charge in [0.25, 0.3) is 10.1 Å². The lowest BCUT2D eigenvalue weighted by Crippen LogP contribution is -2.16. The number of unbranched alkanes of at least 4 members (excludes halogenated alkanes) is 4. The lowest BCUT2D eigenvalue weighted by Gasteiger charge is -2.10. The van der Waals surface area contributed by atoms with Crippen LogP contribution in [-0.4, -0.2) is 37.5 Å². The number of carbonyl (C=O) groups excluding carboxylic acids is 1. The van der Waals surface area contributed by atoms with Crippen LogP contribution in [0.15, 0.2) is 36.4 Å². The molecule has 1 atom stereocenters. The Morgan fingerprint density at radius 1 is 1.18 bits per heavy atom. The van der Waals surface area contributed by atoms with Crippen LogP contribution in [0.4, 0.5) is 10.5 Å². The molecule has 0 aliphatic heterocycles. The Balaban J connectivity index is 2.29.